The van der Waals surface area contributed by atoms with Crippen molar-refractivity contribution >= 4 is 11.7 Å². The normalized spacial score (nSPS) is 29.0. The summed E-state index contributed by atoms with van der Waals surface area (Å²) in [5.74, 6) is -2.86. The molecule has 0 saturated heterocycles. The van der Waals surface area contributed by atoms with Gasteiger partial charge in [0.2, 0.25) is 0 Å². The van der Waals surface area contributed by atoms with Crippen molar-refractivity contribution in [1.82, 2.24) is 0 Å². The van der Waals surface area contributed by atoms with Gasteiger partial charge >= 0.3 is 5.92 Å². The predicted octanol–water partition coefficient (Wildman–Crippen LogP) is 2.01. The topological polar surface area (TPSA) is 82.9 Å². The molecule has 7 heteroatoms. The van der Waals surface area contributed by atoms with E-state index in [1.807, 2.05) is 0 Å². The van der Waals surface area contributed by atoms with Crippen LogP contribution in [0.2, 0.25) is 0 Å². The smallest absolute Gasteiger partial charge is 0.310 e. The Morgan fingerprint density at radius 3 is 2.67 bits per heavy atom. The summed E-state index contributed by atoms with van der Waals surface area (Å²) in [6.07, 6.45) is -0.0203. The molecule has 4 N–H and O–H groups in total. The Kier molecular flexibility index (Phi) is 2.64. The van der Waals surface area contributed by atoms with Crippen molar-refractivity contribution in [3.8, 4) is 5.75 Å². The highest BCUT2D eigenvalue weighted by molar-refractivity contribution is 5.74. The molecule has 2 aliphatic heterocycles. The number of amidine groups is 1. The third-order valence-corrected chi connectivity index (χ3v) is 3.82. The van der Waals surface area contributed by atoms with Gasteiger partial charge in [-0.1, -0.05) is 0 Å². The number of anilines is 1. The minimum Gasteiger partial charge on any atom is -0.487 e. The highest BCUT2D eigenvalue weighted by atomic mass is 19.3. The summed E-state index contributed by atoms with van der Waals surface area (Å²) in [6, 6.07) is 4.43. The van der Waals surface area contributed by atoms with Gasteiger partial charge in [0.25, 0.3) is 6.02 Å². The summed E-state index contributed by atoms with van der Waals surface area (Å²) in [5, 5.41) is 0. The number of nitrogen functional groups attached to an aromatic ring is 1. The van der Waals surface area contributed by atoms with Crippen molar-refractivity contribution in [2.45, 2.75) is 37.3 Å². The van der Waals surface area contributed by atoms with Gasteiger partial charge in [0.15, 0.2) is 12.1 Å². The molecule has 5 nitrogen and oxygen atoms in total. The molecule has 0 aliphatic carbocycles. The molecule has 0 unspecified atom stereocenters. The predicted molar refractivity (Wildman–Crippen MR) is 74.4 cm³/mol. The van der Waals surface area contributed by atoms with E-state index < -0.39 is 23.7 Å². The van der Waals surface area contributed by atoms with Crippen LogP contribution in [-0.2, 0) is 10.3 Å². The first-order chi connectivity index (χ1) is 9.65. The van der Waals surface area contributed by atoms with E-state index in [4.69, 9.17) is 20.9 Å². The Labute approximate surface area is 120 Å². The maximum absolute atomic E-state index is 14.7. The summed E-state index contributed by atoms with van der Waals surface area (Å²) in [6.45, 7) is 2.67. The van der Waals surface area contributed by atoms with E-state index in [9.17, 15) is 8.78 Å². The second-order valence-corrected chi connectivity index (χ2v) is 6.10. The number of ether oxygens (including phenoxy) is 2. The number of hydrogen-bond donors (Lipinski definition) is 2. The molecule has 0 fully saturated rings. The molecule has 1 aromatic carbocycles. The number of nitrogens with zero attached hydrogens (tertiary/aromatic N) is 1. The number of aliphatic imine (C=N–C) groups is 1. The van der Waals surface area contributed by atoms with Crippen LogP contribution < -0.4 is 16.2 Å². The molecule has 2 heterocycles. The number of alkyl halides is 2. The minimum absolute atomic E-state index is 0.0203. The first-order valence-corrected chi connectivity index (χ1v) is 6.60. The molecule has 3 rings (SSSR count). The first-order valence-electron chi connectivity index (χ1n) is 6.60. The summed E-state index contributed by atoms with van der Waals surface area (Å²) < 4.78 is 39.9. The SMILES string of the molecule is CC1(C)C[C@@]2(N=C(N)OCC2(F)F)c2cc(N)ccc2O1. The fourth-order valence-corrected chi connectivity index (χ4v) is 3.02. The number of hydrogen-bond acceptors (Lipinski definition) is 5. The maximum atomic E-state index is 14.7. The van der Waals surface area contributed by atoms with Gasteiger partial charge in [-0.25, -0.2) is 4.99 Å². The molecule has 0 aromatic heterocycles. The van der Waals surface area contributed by atoms with Crippen molar-refractivity contribution < 1.29 is 18.3 Å². The van der Waals surface area contributed by atoms with Gasteiger partial charge in [-0.2, -0.15) is 8.78 Å². The number of rotatable bonds is 0. The Bertz CT molecular complexity index is 631. The van der Waals surface area contributed by atoms with Crippen molar-refractivity contribution in [3.63, 3.8) is 0 Å². The molecule has 0 saturated carbocycles. The highest BCUT2D eigenvalue weighted by Gasteiger charge is 2.63. The van der Waals surface area contributed by atoms with Gasteiger partial charge in [-0.3, -0.25) is 0 Å². The Hall–Kier alpha value is -2.05. The monoisotopic (exact) mass is 297 g/mol. The van der Waals surface area contributed by atoms with Crippen LogP contribution in [0.5, 0.6) is 5.75 Å². The lowest BCUT2D eigenvalue weighted by Crippen LogP contribution is -2.58. The zero-order valence-electron chi connectivity index (χ0n) is 11.8. The number of benzene rings is 1. The molecular formula is C14H17F2N3O2. The van der Waals surface area contributed by atoms with Gasteiger partial charge in [0.05, 0.1) is 0 Å². The minimum atomic E-state index is -3.21. The lowest BCUT2D eigenvalue weighted by atomic mass is 9.73. The molecule has 1 spiro atoms. The average molecular weight is 297 g/mol. The van der Waals surface area contributed by atoms with Crippen LogP contribution in [0.4, 0.5) is 14.5 Å². The van der Waals surface area contributed by atoms with Crippen LogP contribution >= 0.6 is 0 Å². The van der Waals surface area contributed by atoms with E-state index in [0.717, 1.165) is 0 Å². The molecule has 1 aromatic rings. The molecule has 21 heavy (non-hydrogen) atoms. The van der Waals surface area contributed by atoms with Crippen molar-refractivity contribution in [1.29, 1.82) is 0 Å². The van der Waals surface area contributed by atoms with Gasteiger partial charge in [0, 0.05) is 17.7 Å². The average Bonchev–Trinajstić information content (AvgIpc) is 2.35. The lowest BCUT2D eigenvalue weighted by molar-refractivity contribution is -0.148. The summed E-state index contributed by atoms with van der Waals surface area (Å²) in [4.78, 5) is 3.99. The number of nitrogens with two attached hydrogens (primary N) is 2. The second kappa shape index (κ2) is 3.99. The summed E-state index contributed by atoms with van der Waals surface area (Å²) >= 11 is 0. The van der Waals surface area contributed by atoms with E-state index in [1.165, 1.54) is 6.07 Å². The van der Waals surface area contributed by atoms with Crippen molar-refractivity contribution in [2.24, 2.45) is 10.7 Å². The highest BCUT2D eigenvalue weighted by Crippen LogP contribution is 2.55. The molecule has 0 amide bonds. The third kappa shape index (κ3) is 1.99. The van der Waals surface area contributed by atoms with E-state index in [0.29, 0.717) is 11.4 Å². The largest absolute Gasteiger partial charge is 0.487 e. The number of fused-ring (bicyclic) bond motifs is 2. The van der Waals surface area contributed by atoms with Crippen LogP contribution in [0, 0.1) is 0 Å². The van der Waals surface area contributed by atoms with E-state index in [2.05, 4.69) is 4.99 Å². The molecule has 2 aliphatic rings. The van der Waals surface area contributed by atoms with Crippen molar-refractivity contribution in [3.05, 3.63) is 23.8 Å². The summed E-state index contributed by atoms with van der Waals surface area (Å²) in [5.41, 5.74) is 9.31. The Morgan fingerprint density at radius 1 is 1.24 bits per heavy atom. The molecule has 0 radical (unpaired) electrons. The Morgan fingerprint density at radius 2 is 1.95 bits per heavy atom. The molecule has 1 atom stereocenters. The fraction of sp³-hybridized carbons (Fsp3) is 0.500. The number of halogens is 2. The standard InChI is InChI=1S/C14H17F2N3O2/c1-12(2)6-13(14(15,16)7-20-11(18)19-13)9-5-8(17)3-4-10(9)21-12/h3-5H,6-7,17H2,1-2H3,(H2,18,19)/t13-/m1/s1. The fourth-order valence-electron chi connectivity index (χ4n) is 3.02. The van der Waals surface area contributed by atoms with Gasteiger partial charge < -0.3 is 20.9 Å². The van der Waals surface area contributed by atoms with E-state index in [1.54, 1.807) is 26.0 Å². The molecule has 114 valence electrons. The zero-order chi connectivity index (χ0) is 15.5. The van der Waals surface area contributed by atoms with Crippen LogP contribution in [0.15, 0.2) is 23.2 Å². The maximum Gasteiger partial charge on any atom is 0.310 e. The van der Waals surface area contributed by atoms with Crippen molar-refractivity contribution in [2.75, 3.05) is 12.3 Å². The van der Waals surface area contributed by atoms with Crippen LogP contribution in [0.3, 0.4) is 0 Å². The van der Waals surface area contributed by atoms with E-state index in [-0.39, 0.29) is 18.0 Å². The first kappa shape index (κ1) is 13.9. The van der Waals surface area contributed by atoms with Crippen LogP contribution in [-0.4, -0.2) is 24.2 Å². The summed E-state index contributed by atoms with van der Waals surface area (Å²) in [7, 11) is 0. The van der Waals surface area contributed by atoms with Gasteiger partial charge in [-0.15, -0.1) is 0 Å². The van der Waals surface area contributed by atoms with E-state index >= 15 is 0 Å². The van der Waals surface area contributed by atoms with Gasteiger partial charge in [0.1, 0.15) is 11.4 Å². The lowest BCUT2D eigenvalue weighted by Gasteiger charge is -2.48. The quantitative estimate of drug-likeness (QED) is 0.718. The zero-order valence-corrected chi connectivity index (χ0v) is 11.8. The van der Waals surface area contributed by atoms with Gasteiger partial charge in [-0.05, 0) is 32.0 Å². The van der Waals surface area contributed by atoms with Crippen LogP contribution in [0.1, 0.15) is 25.8 Å². The third-order valence-electron chi connectivity index (χ3n) is 3.82. The Balaban J connectivity index is 2.30. The molecular weight excluding hydrogens is 280 g/mol. The second-order valence-electron chi connectivity index (χ2n) is 6.10. The van der Waals surface area contributed by atoms with Crippen LogP contribution in [0.25, 0.3) is 0 Å². The molecule has 0 bridgehead atoms.